The Bertz CT molecular complexity index is 381. The first-order chi connectivity index (χ1) is 9.21. The highest BCUT2D eigenvalue weighted by Gasteiger charge is 2.29. The van der Waals surface area contributed by atoms with Crippen LogP contribution in [0.3, 0.4) is 0 Å². The van der Waals surface area contributed by atoms with Crippen LogP contribution in [0.1, 0.15) is 46.5 Å². The zero-order chi connectivity index (χ0) is 15.3. The van der Waals surface area contributed by atoms with Crippen LogP contribution in [0.15, 0.2) is 0 Å². The second kappa shape index (κ2) is 6.72. The quantitative estimate of drug-likeness (QED) is 0.788. The van der Waals surface area contributed by atoms with Crippen LogP contribution in [0.2, 0.25) is 0 Å². The Morgan fingerprint density at radius 2 is 1.75 bits per heavy atom. The highest BCUT2D eigenvalue weighted by molar-refractivity contribution is 5.88. The van der Waals surface area contributed by atoms with Crippen molar-refractivity contribution in [3.63, 3.8) is 0 Å². The lowest BCUT2D eigenvalue weighted by molar-refractivity contribution is -0.146. The molecule has 2 amide bonds. The average Bonchev–Trinajstić information content (AvgIpc) is 2.84. The zero-order valence-corrected chi connectivity index (χ0v) is 12.4. The van der Waals surface area contributed by atoms with E-state index in [1.807, 2.05) is 0 Å². The summed E-state index contributed by atoms with van der Waals surface area (Å²) in [5.41, 5.74) is -0.564. The van der Waals surface area contributed by atoms with Gasteiger partial charge in [0.05, 0.1) is 6.54 Å². The molecule has 0 bridgehead atoms. The summed E-state index contributed by atoms with van der Waals surface area (Å²) in [5.74, 6) is -1.56. The summed E-state index contributed by atoms with van der Waals surface area (Å²) in [4.78, 5) is 36.2. The van der Waals surface area contributed by atoms with Gasteiger partial charge in [-0.1, -0.05) is 33.6 Å². The average molecular weight is 284 g/mol. The molecule has 0 heterocycles. The van der Waals surface area contributed by atoms with Crippen molar-refractivity contribution in [3.05, 3.63) is 0 Å². The van der Waals surface area contributed by atoms with Crippen LogP contribution in [0.5, 0.6) is 0 Å². The van der Waals surface area contributed by atoms with Gasteiger partial charge in [0.25, 0.3) is 0 Å². The lowest BCUT2D eigenvalue weighted by atomic mass is 9.96. The summed E-state index contributed by atoms with van der Waals surface area (Å²) in [6, 6.07) is -0.00913. The summed E-state index contributed by atoms with van der Waals surface area (Å²) in [6.07, 6.45) is 3.71. The molecule has 1 fully saturated rings. The summed E-state index contributed by atoms with van der Waals surface area (Å²) in [7, 11) is 0. The third-order valence-corrected chi connectivity index (χ3v) is 3.47. The molecule has 0 aromatic heterocycles. The molecule has 20 heavy (non-hydrogen) atoms. The molecule has 0 unspecified atom stereocenters. The number of hydrogen-bond donors (Lipinski definition) is 2. The normalized spacial score (nSPS) is 15.9. The van der Waals surface area contributed by atoms with E-state index >= 15 is 0 Å². The van der Waals surface area contributed by atoms with Gasteiger partial charge in [0.2, 0.25) is 11.8 Å². The number of nitrogens with one attached hydrogen (secondary N) is 1. The molecule has 6 heteroatoms. The Balaban J connectivity index is 2.59. The fraction of sp³-hybridized carbons (Fsp3) is 0.786. The number of aliphatic carboxylic acids is 1. The molecule has 2 N–H and O–H groups in total. The first-order valence-electron chi connectivity index (χ1n) is 7.01. The topological polar surface area (TPSA) is 86.7 Å². The summed E-state index contributed by atoms with van der Waals surface area (Å²) >= 11 is 0. The van der Waals surface area contributed by atoms with Crippen molar-refractivity contribution in [2.45, 2.75) is 52.5 Å². The molecule has 1 aliphatic carbocycles. The van der Waals surface area contributed by atoms with E-state index in [1.165, 1.54) is 4.90 Å². The first kappa shape index (κ1) is 16.5. The number of carbonyl (C=O) groups is 3. The highest BCUT2D eigenvalue weighted by Crippen LogP contribution is 2.23. The van der Waals surface area contributed by atoms with Gasteiger partial charge >= 0.3 is 5.97 Å². The van der Waals surface area contributed by atoms with Gasteiger partial charge in [0.15, 0.2) is 0 Å². The minimum Gasteiger partial charge on any atom is -0.480 e. The minimum absolute atomic E-state index is 0.00913. The SMILES string of the molecule is CC(C)(C)C(=O)NCC(=O)N(CC(=O)O)C1CCCC1. The molecule has 0 aliphatic heterocycles. The molecule has 0 spiro atoms. The van der Waals surface area contributed by atoms with Crippen molar-refractivity contribution in [3.8, 4) is 0 Å². The molecule has 1 saturated carbocycles. The van der Waals surface area contributed by atoms with Crippen molar-refractivity contribution in [1.29, 1.82) is 0 Å². The predicted molar refractivity (Wildman–Crippen MR) is 74.1 cm³/mol. The second-order valence-electron chi connectivity index (χ2n) is 6.29. The van der Waals surface area contributed by atoms with E-state index in [1.54, 1.807) is 20.8 Å². The van der Waals surface area contributed by atoms with Crippen molar-refractivity contribution >= 4 is 17.8 Å². The maximum atomic E-state index is 12.1. The van der Waals surface area contributed by atoms with Gasteiger partial charge in [-0.05, 0) is 12.8 Å². The van der Waals surface area contributed by atoms with E-state index in [4.69, 9.17) is 5.11 Å². The van der Waals surface area contributed by atoms with E-state index in [9.17, 15) is 14.4 Å². The van der Waals surface area contributed by atoms with Crippen LogP contribution in [0.25, 0.3) is 0 Å². The zero-order valence-electron chi connectivity index (χ0n) is 12.4. The molecule has 0 aromatic rings. The largest absolute Gasteiger partial charge is 0.480 e. The van der Waals surface area contributed by atoms with E-state index in [0.29, 0.717) is 0 Å². The fourth-order valence-electron chi connectivity index (χ4n) is 2.31. The van der Waals surface area contributed by atoms with Gasteiger partial charge in [-0.25, -0.2) is 0 Å². The molecular weight excluding hydrogens is 260 g/mol. The van der Waals surface area contributed by atoms with Crippen LogP contribution in [0, 0.1) is 5.41 Å². The smallest absolute Gasteiger partial charge is 0.323 e. The number of carboxylic acids is 1. The van der Waals surface area contributed by atoms with Crippen LogP contribution in [-0.4, -0.2) is 46.9 Å². The van der Waals surface area contributed by atoms with E-state index < -0.39 is 11.4 Å². The van der Waals surface area contributed by atoms with Gasteiger partial charge in [0, 0.05) is 11.5 Å². The second-order valence-corrected chi connectivity index (χ2v) is 6.29. The van der Waals surface area contributed by atoms with Crippen LogP contribution < -0.4 is 5.32 Å². The Morgan fingerprint density at radius 3 is 2.20 bits per heavy atom. The Morgan fingerprint density at radius 1 is 1.20 bits per heavy atom. The molecule has 114 valence electrons. The molecule has 6 nitrogen and oxygen atoms in total. The molecule has 0 saturated heterocycles. The van der Waals surface area contributed by atoms with Crippen molar-refractivity contribution in [1.82, 2.24) is 10.2 Å². The third kappa shape index (κ3) is 4.83. The Labute approximate surface area is 119 Å². The molecule has 1 rings (SSSR count). The Kier molecular flexibility index (Phi) is 5.53. The summed E-state index contributed by atoms with van der Waals surface area (Å²) in [5, 5.41) is 11.5. The number of rotatable bonds is 5. The molecule has 0 radical (unpaired) electrons. The number of carboxylic acid groups (broad SMARTS) is 1. The van der Waals surface area contributed by atoms with Gasteiger partial charge < -0.3 is 15.3 Å². The standard InChI is InChI=1S/C14H24N2O4/c1-14(2,3)13(20)15-8-11(17)16(9-12(18)19)10-6-4-5-7-10/h10H,4-9H2,1-3H3,(H,15,20)(H,18,19). The van der Waals surface area contributed by atoms with E-state index in [-0.39, 0.29) is 30.9 Å². The highest BCUT2D eigenvalue weighted by atomic mass is 16.4. The van der Waals surface area contributed by atoms with Gasteiger partial charge in [-0.15, -0.1) is 0 Å². The van der Waals surface area contributed by atoms with Gasteiger partial charge in [0.1, 0.15) is 6.54 Å². The van der Waals surface area contributed by atoms with Gasteiger partial charge in [-0.3, -0.25) is 14.4 Å². The minimum atomic E-state index is -1.02. The molecule has 0 aromatic carbocycles. The lowest BCUT2D eigenvalue weighted by Gasteiger charge is -2.28. The first-order valence-corrected chi connectivity index (χ1v) is 7.01. The number of carbonyl (C=O) groups excluding carboxylic acids is 2. The number of amides is 2. The monoisotopic (exact) mass is 284 g/mol. The Hall–Kier alpha value is -1.59. The van der Waals surface area contributed by atoms with Crippen molar-refractivity contribution < 1.29 is 19.5 Å². The van der Waals surface area contributed by atoms with E-state index in [2.05, 4.69) is 5.32 Å². The molecule has 1 aliphatic rings. The summed E-state index contributed by atoms with van der Waals surface area (Å²) in [6.45, 7) is 4.85. The summed E-state index contributed by atoms with van der Waals surface area (Å²) < 4.78 is 0. The van der Waals surface area contributed by atoms with Crippen molar-refractivity contribution in [2.75, 3.05) is 13.1 Å². The lowest BCUT2D eigenvalue weighted by Crippen LogP contribution is -2.48. The maximum Gasteiger partial charge on any atom is 0.323 e. The van der Waals surface area contributed by atoms with Crippen LogP contribution in [0.4, 0.5) is 0 Å². The molecule has 0 atom stereocenters. The third-order valence-electron chi connectivity index (χ3n) is 3.47. The van der Waals surface area contributed by atoms with Crippen LogP contribution >= 0.6 is 0 Å². The predicted octanol–water partition coefficient (Wildman–Crippen LogP) is 1.00. The van der Waals surface area contributed by atoms with Gasteiger partial charge in [-0.2, -0.15) is 0 Å². The molecular formula is C14H24N2O4. The van der Waals surface area contributed by atoms with Crippen LogP contribution in [-0.2, 0) is 14.4 Å². The number of hydrogen-bond acceptors (Lipinski definition) is 3. The van der Waals surface area contributed by atoms with E-state index in [0.717, 1.165) is 25.7 Å². The maximum absolute atomic E-state index is 12.1. The van der Waals surface area contributed by atoms with Crippen molar-refractivity contribution in [2.24, 2.45) is 5.41 Å². The number of nitrogens with zero attached hydrogens (tertiary/aromatic N) is 1. The fourth-order valence-corrected chi connectivity index (χ4v) is 2.31.